The first-order valence-corrected chi connectivity index (χ1v) is 9.78. The number of nitrogens with zero attached hydrogens (tertiary/aromatic N) is 2. The number of rotatable bonds is 7. The van der Waals surface area contributed by atoms with Gasteiger partial charge in [-0.05, 0) is 51.0 Å². The topological polar surface area (TPSA) is 61.2 Å². The predicted molar refractivity (Wildman–Crippen MR) is 106 cm³/mol. The summed E-state index contributed by atoms with van der Waals surface area (Å²) in [6.45, 7) is 5.39. The summed E-state index contributed by atoms with van der Waals surface area (Å²) in [7, 11) is 0. The summed E-state index contributed by atoms with van der Waals surface area (Å²) in [6.07, 6.45) is 0.571. The molecule has 3 rings (SSSR count). The van der Waals surface area contributed by atoms with Crippen molar-refractivity contribution in [2.75, 3.05) is 6.61 Å². The molecule has 0 atom stereocenters. The van der Waals surface area contributed by atoms with Crippen molar-refractivity contribution in [3.63, 3.8) is 0 Å². The monoisotopic (exact) mass is 400 g/mol. The molecule has 0 unspecified atom stereocenters. The van der Waals surface area contributed by atoms with Crippen LogP contribution in [0.5, 0.6) is 0 Å². The zero-order chi connectivity index (χ0) is 20.3. The molecule has 146 valence electrons. The maximum atomic E-state index is 12.9. The third-order valence-electron chi connectivity index (χ3n) is 4.43. The van der Waals surface area contributed by atoms with Gasteiger partial charge >= 0.3 is 5.97 Å². The number of hydrogen-bond donors (Lipinski definition) is 0. The molecule has 0 aliphatic rings. The number of carbonyl (C=O) groups is 2. The van der Waals surface area contributed by atoms with Gasteiger partial charge in [-0.1, -0.05) is 12.1 Å². The molecular formula is C21H21FN2O3S. The van der Waals surface area contributed by atoms with Gasteiger partial charge in [-0.3, -0.25) is 14.2 Å². The van der Waals surface area contributed by atoms with Crippen LogP contribution in [0, 0.1) is 26.6 Å². The lowest BCUT2D eigenvalue weighted by Crippen LogP contribution is -2.15. The molecule has 0 bridgehead atoms. The molecule has 0 aliphatic carbocycles. The molecule has 0 aliphatic heterocycles. The van der Waals surface area contributed by atoms with Crippen LogP contribution in [-0.4, -0.2) is 27.9 Å². The second-order valence-electron chi connectivity index (χ2n) is 6.60. The van der Waals surface area contributed by atoms with E-state index in [9.17, 15) is 14.0 Å². The van der Waals surface area contributed by atoms with Crippen molar-refractivity contribution >= 4 is 23.1 Å². The van der Waals surface area contributed by atoms with E-state index >= 15 is 0 Å². The number of aryl methyl sites for hydroxylation is 3. The van der Waals surface area contributed by atoms with E-state index < -0.39 is 5.97 Å². The molecule has 28 heavy (non-hydrogen) atoms. The van der Waals surface area contributed by atoms with E-state index in [1.54, 1.807) is 18.2 Å². The van der Waals surface area contributed by atoms with Gasteiger partial charge in [0.15, 0.2) is 11.7 Å². The highest BCUT2D eigenvalue weighted by Crippen LogP contribution is 2.23. The summed E-state index contributed by atoms with van der Waals surface area (Å²) in [4.78, 5) is 28.9. The van der Waals surface area contributed by atoms with E-state index in [1.165, 1.54) is 23.5 Å². The van der Waals surface area contributed by atoms with Crippen LogP contribution < -0.4 is 0 Å². The first-order valence-electron chi connectivity index (χ1n) is 8.90. The molecule has 0 saturated carbocycles. The molecule has 2 heterocycles. The standard InChI is InChI=1S/C21H21FN2O3S/c1-13-12-28-21(23-13)24-14(2)10-18(15(24)3)19(25)11-27-20(26)9-6-16-4-7-17(22)8-5-16/h4-5,7-8,10,12H,6,9,11H2,1-3H3. The normalized spacial score (nSPS) is 10.9. The first-order chi connectivity index (χ1) is 13.3. The van der Waals surface area contributed by atoms with Crippen molar-refractivity contribution in [2.45, 2.75) is 33.6 Å². The molecule has 0 spiro atoms. The van der Waals surface area contributed by atoms with Crippen LogP contribution in [-0.2, 0) is 16.0 Å². The molecule has 3 aromatic rings. The minimum Gasteiger partial charge on any atom is -0.457 e. The zero-order valence-corrected chi connectivity index (χ0v) is 16.8. The van der Waals surface area contributed by atoms with Crippen molar-refractivity contribution in [3.05, 3.63) is 69.7 Å². The molecule has 2 aromatic heterocycles. The van der Waals surface area contributed by atoms with Gasteiger partial charge in [0.1, 0.15) is 5.82 Å². The van der Waals surface area contributed by atoms with Crippen LogP contribution in [0.2, 0.25) is 0 Å². The highest BCUT2D eigenvalue weighted by molar-refractivity contribution is 7.12. The summed E-state index contributed by atoms with van der Waals surface area (Å²) in [5.74, 6) is -1.02. The second kappa shape index (κ2) is 8.48. The largest absolute Gasteiger partial charge is 0.457 e. The average Bonchev–Trinajstić information content (AvgIpc) is 3.21. The fourth-order valence-corrected chi connectivity index (χ4v) is 3.89. The number of ether oxygens (including phenoxy) is 1. The zero-order valence-electron chi connectivity index (χ0n) is 16.0. The lowest BCUT2D eigenvalue weighted by Gasteiger charge is -2.06. The summed E-state index contributed by atoms with van der Waals surface area (Å²) in [5.41, 5.74) is 3.97. The third-order valence-corrected chi connectivity index (χ3v) is 5.37. The molecule has 0 radical (unpaired) electrons. The van der Waals surface area contributed by atoms with Crippen LogP contribution in [0.4, 0.5) is 4.39 Å². The summed E-state index contributed by atoms with van der Waals surface area (Å²) < 4.78 is 20.0. The number of Topliss-reactive ketones (excluding diaryl/α,β-unsaturated/α-hetero) is 1. The van der Waals surface area contributed by atoms with Crippen molar-refractivity contribution in [2.24, 2.45) is 0 Å². The minimum atomic E-state index is -0.456. The van der Waals surface area contributed by atoms with Crippen molar-refractivity contribution in [1.29, 1.82) is 0 Å². The number of thiazole rings is 1. The Morgan fingerprint density at radius 1 is 1.18 bits per heavy atom. The lowest BCUT2D eigenvalue weighted by atomic mass is 10.1. The molecule has 0 N–H and O–H groups in total. The van der Waals surface area contributed by atoms with Gasteiger partial charge in [0, 0.05) is 28.8 Å². The Balaban J connectivity index is 1.59. The number of aromatic nitrogens is 2. The van der Waals surface area contributed by atoms with Crippen molar-refractivity contribution in [3.8, 4) is 5.13 Å². The van der Waals surface area contributed by atoms with Crippen LogP contribution in [0.15, 0.2) is 35.7 Å². The van der Waals surface area contributed by atoms with Crippen LogP contribution in [0.3, 0.4) is 0 Å². The Morgan fingerprint density at radius 3 is 2.54 bits per heavy atom. The van der Waals surface area contributed by atoms with E-state index in [0.29, 0.717) is 12.0 Å². The quantitative estimate of drug-likeness (QED) is 0.437. The minimum absolute atomic E-state index is 0.135. The predicted octanol–water partition coefficient (Wildman–Crippen LogP) is 4.36. The number of hydrogen-bond acceptors (Lipinski definition) is 5. The fraction of sp³-hybridized carbons (Fsp3) is 0.286. The molecule has 0 fully saturated rings. The van der Waals surface area contributed by atoms with Gasteiger partial charge in [-0.25, -0.2) is 9.37 Å². The Bertz CT molecular complexity index is 1010. The highest BCUT2D eigenvalue weighted by atomic mass is 32.1. The van der Waals surface area contributed by atoms with E-state index in [0.717, 1.165) is 27.8 Å². The van der Waals surface area contributed by atoms with Crippen molar-refractivity contribution in [1.82, 2.24) is 9.55 Å². The van der Waals surface area contributed by atoms with Gasteiger partial charge in [0.2, 0.25) is 5.78 Å². The van der Waals surface area contributed by atoms with Crippen LogP contribution >= 0.6 is 11.3 Å². The molecule has 7 heteroatoms. The summed E-state index contributed by atoms with van der Waals surface area (Å²) in [5, 5.41) is 2.77. The Labute approximate surface area is 166 Å². The number of esters is 1. The average molecular weight is 400 g/mol. The van der Waals surface area contributed by atoms with Gasteiger partial charge in [0.05, 0.1) is 5.69 Å². The number of ketones is 1. The number of benzene rings is 1. The van der Waals surface area contributed by atoms with Crippen LogP contribution in [0.25, 0.3) is 5.13 Å². The first kappa shape index (κ1) is 19.9. The van der Waals surface area contributed by atoms with Gasteiger partial charge in [-0.2, -0.15) is 0 Å². The van der Waals surface area contributed by atoms with Gasteiger partial charge in [-0.15, -0.1) is 11.3 Å². The fourth-order valence-electron chi connectivity index (χ4n) is 2.98. The number of halogens is 1. The van der Waals surface area contributed by atoms with Gasteiger partial charge in [0.25, 0.3) is 0 Å². The lowest BCUT2D eigenvalue weighted by molar-refractivity contribution is -0.142. The van der Waals surface area contributed by atoms with Crippen molar-refractivity contribution < 1.29 is 18.7 Å². The van der Waals surface area contributed by atoms with E-state index in [-0.39, 0.29) is 24.6 Å². The molecular weight excluding hydrogens is 379 g/mol. The molecule has 0 saturated heterocycles. The maximum Gasteiger partial charge on any atom is 0.306 e. The number of carbonyl (C=O) groups excluding carboxylic acids is 2. The molecule has 5 nitrogen and oxygen atoms in total. The van der Waals surface area contributed by atoms with Crippen LogP contribution in [0.1, 0.15) is 39.4 Å². The Morgan fingerprint density at radius 2 is 1.89 bits per heavy atom. The second-order valence-corrected chi connectivity index (χ2v) is 7.44. The summed E-state index contributed by atoms with van der Waals surface area (Å²) >= 11 is 1.51. The Hall–Kier alpha value is -2.80. The van der Waals surface area contributed by atoms with E-state index in [2.05, 4.69) is 4.98 Å². The third kappa shape index (κ3) is 4.54. The SMILES string of the molecule is Cc1csc(-n2c(C)cc(C(=O)COC(=O)CCc3ccc(F)cc3)c2C)n1. The molecule has 1 aromatic carbocycles. The maximum absolute atomic E-state index is 12.9. The Kier molecular flexibility index (Phi) is 6.04. The smallest absolute Gasteiger partial charge is 0.306 e. The van der Waals surface area contributed by atoms with E-state index in [4.69, 9.17) is 4.74 Å². The van der Waals surface area contributed by atoms with Gasteiger partial charge < -0.3 is 4.74 Å². The molecule has 0 amide bonds. The summed E-state index contributed by atoms with van der Waals surface area (Å²) in [6, 6.07) is 7.75. The highest BCUT2D eigenvalue weighted by Gasteiger charge is 2.19. The van der Waals surface area contributed by atoms with E-state index in [1.807, 2.05) is 30.7 Å².